The van der Waals surface area contributed by atoms with Gasteiger partial charge in [-0.15, -0.1) is 0 Å². The van der Waals surface area contributed by atoms with E-state index in [4.69, 9.17) is 71.1 Å². The van der Waals surface area contributed by atoms with Crippen molar-refractivity contribution in [1.82, 2.24) is 0 Å². The summed E-state index contributed by atoms with van der Waals surface area (Å²) < 4.78 is 83.7. The second-order valence-electron chi connectivity index (χ2n) is 13.1. The van der Waals surface area contributed by atoms with Gasteiger partial charge < -0.3 is 71.1 Å². The van der Waals surface area contributed by atoms with Crippen LogP contribution in [0.1, 0.15) is 31.1 Å². The number of carbonyl (C=O) groups excluding carboxylic acids is 3. The number of carbonyl (C=O) groups is 3. The molecule has 348 valence electrons. The van der Waals surface area contributed by atoms with Gasteiger partial charge in [-0.25, -0.2) is 0 Å². The van der Waals surface area contributed by atoms with Gasteiger partial charge >= 0.3 is 0 Å². The lowest BCUT2D eigenvalue weighted by atomic mass is 10.2. The second kappa shape index (κ2) is 33.6. The molecule has 0 atom stereocenters. The third-order valence-electron chi connectivity index (χ3n) is 8.46. The standard InChI is InChI=1S/C30H40O12.C15H20O6/c31-23-25-1-3-27-29(21-25)41-19-15-37-11-7-34-8-12-38-16-20-42-30-22-26(24-32)2-4-28(30)40-18-14-36-10-6-33-5-9-35-13-17-39-27;16-12-13-1-2-14-15(11-13)21-10-8-19-6-4-17-3-5-18-7-9-20-14/h1-4,21-24H,5-20H2;1-2,11-12H,3-10H2. The molecule has 0 spiro atoms. The lowest BCUT2D eigenvalue weighted by Crippen LogP contribution is -2.15. The average Bonchev–Trinajstić information content (AvgIpc) is 3.32. The van der Waals surface area contributed by atoms with E-state index in [1.54, 1.807) is 54.6 Å². The molecule has 0 radical (unpaired) electrons. The molecule has 2 aliphatic heterocycles. The normalized spacial score (nSPS) is 18.3. The van der Waals surface area contributed by atoms with Gasteiger partial charge in [-0.05, 0) is 54.6 Å². The molecular weight excluding hydrogens is 828 g/mol. The predicted molar refractivity (Wildman–Crippen MR) is 226 cm³/mol. The Labute approximate surface area is 368 Å². The number of ether oxygens (including phenoxy) is 15. The summed E-state index contributed by atoms with van der Waals surface area (Å²) in [5.41, 5.74) is 1.51. The van der Waals surface area contributed by atoms with Gasteiger partial charge in [0.1, 0.15) is 58.5 Å². The van der Waals surface area contributed by atoms with Crippen LogP contribution in [0.15, 0.2) is 54.6 Å². The molecule has 3 aromatic rings. The van der Waals surface area contributed by atoms with E-state index in [-0.39, 0.29) is 13.2 Å². The van der Waals surface area contributed by atoms with Crippen molar-refractivity contribution < 1.29 is 85.4 Å². The Balaban J connectivity index is 0.000000346. The molecule has 0 N–H and O–H groups in total. The highest BCUT2D eigenvalue weighted by Crippen LogP contribution is 2.30. The first-order chi connectivity index (χ1) is 31.2. The molecule has 0 aromatic heterocycles. The van der Waals surface area contributed by atoms with Crippen LogP contribution in [0.2, 0.25) is 0 Å². The highest BCUT2D eigenvalue weighted by atomic mass is 16.6. The molecule has 18 nitrogen and oxygen atoms in total. The minimum absolute atomic E-state index is 0.280. The van der Waals surface area contributed by atoms with E-state index in [0.717, 1.165) is 18.9 Å². The van der Waals surface area contributed by atoms with Gasteiger partial charge in [-0.1, -0.05) is 0 Å². The fourth-order valence-corrected chi connectivity index (χ4v) is 5.38. The lowest BCUT2D eigenvalue weighted by Gasteiger charge is -2.14. The fraction of sp³-hybridized carbons (Fsp3) is 0.533. The van der Waals surface area contributed by atoms with Crippen molar-refractivity contribution in [2.24, 2.45) is 0 Å². The minimum atomic E-state index is 0.280. The Hall–Kier alpha value is -4.89. The maximum absolute atomic E-state index is 11.2. The van der Waals surface area contributed by atoms with Gasteiger partial charge in [-0.2, -0.15) is 0 Å². The van der Waals surface area contributed by atoms with E-state index in [9.17, 15) is 14.4 Å². The molecule has 2 heterocycles. The van der Waals surface area contributed by atoms with E-state index in [1.165, 1.54) is 0 Å². The molecule has 0 bridgehead atoms. The summed E-state index contributed by atoms with van der Waals surface area (Å²) in [7, 11) is 0. The Morgan fingerprint density at radius 2 is 0.413 bits per heavy atom. The van der Waals surface area contributed by atoms with Crippen molar-refractivity contribution in [3.63, 3.8) is 0 Å². The van der Waals surface area contributed by atoms with Crippen molar-refractivity contribution in [2.75, 3.05) is 159 Å². The van der Waals surface area contributed by atoms with Crippen LogP contribution in [-0.4, -0.2) is 177 Å². The highest BCUT2D eigenvalue weighted by molar-refractivity contribution is 5.77. The summed E-state index contributed by atoms with van der Waals surface area (Å²) >= 11 is 0. The van der Waals surface area contributed by atoms with E-state index in [0.29, 0.717) is 197 Å². The van der Waals surface area contributed by atoms with Crippen LogP contribution >= 0.6 is 0 Å². The van der Waals surface area contributed by atoms with Gasteiger partial charge in [0.15, 0.2) is 34.5 Å². The second-order valence-corrected chi connectivity index (χ2v) is 13.1. The molecule has 0 saturated carbocycles. The molecule has 5 rings (SSSR count). The molecule has 63 heavy (non-hydrogen) atoms. The van der Waals surface area contributed by atoms with Crippen LogP contribution in [0.5, 0.6) is 34.5 Å². The Morgan fingerprint density at radius 3 is 0.603 bits per heavy atom. The van der Waals surface area contributed by atoms with Crippen LogP contribution in [0.3, 0.4) is 0 Å². The third-order valence-corrected chi connectivity index (χ3v) is 8.46. The van der Waals surface area contributed by atoms with E-state index in [2.05, 4.69) is 0 Å². The molecule has 2 aliphatic rings. The van der Waals surface area contributed by atoms with E-state index >= 15 is 0 Å². The lowest BCUT2D eigenvalue weighted by molar-refractivity contribution is 0.00248. The summed E-state index contributed by atoms with van der Waals surface area (Å²) in [5.74, 6) is 3.08. The first kappa shape index (κ1) is 50.8. The monoisotopic (exact) mass is 888 g/mol. The van der Waals surface area contributed by atoms with Crippen molar-refractivity contribution in [3.8, 4) is 34.5 Å². The van der Waals surface area contributed by atoms with Crippen molar-refractivity contribution >= 4 is 18.9 Å². The van der Waals surface area contributed by atoms with Crippen molar-refractivity contribution in [3.05, 3.63) is 71.3 Å². The summed E-state index contributed by atoms with van der Waals surface area (Å²) in [5, 5.41) is 0. The predicted octanol–water partition coefficient (Wildman–Crippen LogP) is 3.96. The maximum atomic E-state index is 11.2. The average molecular weight is 889 g/mol. The first-order valence-electron chi connectivity index (χ1n) is 20.9. The van der Waals surface area contributed by atoms with Gasteiger partial charge in [0, 0.05) is 16.7 Å². The number of rotatable bonds is 3. The summed E-state index contributed by atoms with van der Waals surface area (Å²) in [6, 6.07) is 15.0. The largest absolute Gasteiger partial charge is 0.487 e. The zero-order chi connectivity index (χ0) is 44.3. The van der Waals surface area contributed by atoms with Gasteiger partial charge in [0.25, 0.3) is 0 Å². The first-order valence-corrected chi connectivity index (χ1v) is 20.9. The van der Waals surface area contributed by atoms with Crippen LogP contribution < -0.4 is 28.4 Å². The van der Waals surface area contributed by atoms with E-state index < -0.39 is 0 Å². The molecule has 3 aromatic carbocycles. The quantitative estimate of drug-likeness (QED) is 0.343. The van der Waals surface area contributed by atoms with Crippen LogP contribution in [0.25, 0.3) is 0 Å². The fourth-order valence-electron chi connectivity index (χ4n) is 5.38. The van der Waals surface area contributed by atoms with Gasteiger partial charge in [-0.3, -0.25) is 14.4 Å². The minimum Gasteiger partial charge on any atom is -0.487 e. The zero-order valence-electron chi connectivity index (χ0n) is 35.7. The molecule has 0 saturated heterocycles. The molecule has 0 amide bonds. The summed E-state index contributed by atoms with van der Waals surface area (Å²) in [6.45, 7) is 9.65. The molecule has 0 unspecified atom stereocenters. The Morgan fingerprint density at radius 1 is 0.238 bits per heavy atom. The number of hydrogen-bond acceptors (Lipinski definition) is 18. The molecule has 0 fully saturated rings. The molecule has 18 heteroatoms. The van der Waals surface area contributed by atoms with Crippen molar-refractivity contribution in [2.45, 2.75) is 0 Å². The topological polar surface area (TPSA) is 190 Å². The SMILES string of the molecule is O=Cc1ccc2c(c1)OCCOCCOCCOCCO2.O=Cc1ccc2c(c1)OCCOCCOCCOCCOc1cc(C=O)ccc1OCCOCCOCCOCCO2. The Kier molecular flexibility index (Phi) is 27.1. The smallest absolute Gasteiger partial charge is 0.162 e. The Bertz CT molecular complexity index is 1610. The van der Waals surface area contributed by atoms with E-state index in [1.807, 2.05) is 0 Å². The number of fused-ring (bicyclic) bond motifs is 3. The van der Waals surface area contributed by atoms with Crippen LogP contribution in [0.4, 0.5) is 0 Å². The van der Waals surface area contributed by atoms with Crippen molar-refractivity contribution in [1.29, 1.82) is 0 Å². The third kappa shape index (κ3) is 22.3. The number of aldehydes is 3. The molecular formula is C45H60O18. The zero-order valence-corrected chi connectivity index (χ0v) is 35.7. The number of hydrogen-bond donors (Lipinski definition) is 0. The summed E-state index contributed by atoms with van der Waals surface area (Å²) in [6.07, 6.45) is 2.28. The highest BCUT2D eigenvalue weighted by Gasteiger charge is 2.11. The molecule has 0 aliphatic carbocycles. The van der Waals surface area contributed by atoms with Gasteiger partial charge in [0.05, 0.1) is 119 Å². The van der Waals surface area contributed by atoms with Gasteiger partial charge in [0.2, 0.25) is 0 Å². The van der Waals surface area contributed by atoms with Crippen LogP contribution in [0, 0.1) is 0 Å². The number of benzene rings is 3. The maximum Gasteiger partial charge on any atom is 0.162 e. The summed E-state index contributed by atoms with van der Waals surface area (Å²) in [4.78, 5) is 33.2. The van der Waals surface area contributed by atoms with Crippen LogP contribution in [-0.2, 0) is 42.6 Å².